The fraction of sp³-hybridized carbons (Fsp3) is 0.562. The van der Waals surface area contributed by atoms with E-state index < -0.39 is 0 Å². The Morgan fingerprint density at radius 2 is 1.91 bits per heavy atom. The van der Waals surface area contributed by atoms with Gasteiger partial charge in [-0.15, -0.1) is 24.0 Å². The van der Waals surface area contributed by atoms with Crippen molar-refractivity contribution >= 4 is 29.9 Å². The number of guanidine groups is 1. The van der Waals surface area contributed by atoms with Gasteiger partial charge in [0.2, 0.25) is 0 Å². The summed E-state index contributed by atoms with van der Waals surface area (Å²) >= 11 is 0. The Balaban J connectivity index is 0.00000441. The van der Waals surface area contributed by atoms with Crippen molar-refractivity contribution in [3.05, 3.63) is 35.6 Å². The van der Waals surface area contributed by atoms with Crippen molar-refractivity contribution in [2.75, 3.05) is 32.7 Å². The molecule has 0 aliphatic rings. The van der Waals surface area contributed by atoms with Crippen LogP contribution in [-0.4, -0.2) is 43.6 Å². The molecule has 1 aromatic carbocycles. The quantitative estimate of drug-likeness (QED) is 0.385. The maximum absolute atomic E-state index is 13.1. The van der Waals surface area contributed by atoms with Crippen molar-refractivity contribution in [3.63, 3.8) is 0 Å². The van der Waals surface area contributed by atoms with E-state index in [1.165, 1.54) is 12.1 Å². The standard InChI is InChI=1S/C16H27FN4.HI/c1-4-18-16(19-10-11-21(5-2)6-3)20-13-14-8-7-9-15(17)12-14;/h7-9,12H,4-6,10-11,13H2,1-3H3,(H2,18,19,20);1H. The summed E-state index contributed by atoms with van der Waals surface area (Å²) in [5.41, 5.74) is 0.871. The first-order chi connectivity index (χ1) is 10.2. The molecule has 0 bridgehead atoms. The van der Waals surface area contributed by atoms with E-state index in [9.17, 15) is 4.39 Å². The molecule has 0 unspecified atom stereocenters. The van der Waals surface area contributed by atoms with Crippen molar-refractivity contribution in [2.45, 2.75) is 27.3 Å². The van der Waals surface area contributed by atoms with Crippen LogP contribution in [0.4, 0.5) is 4.39 Å². The van der Waals surface area contributed by atoms with Crippen molar-refractivity contribution in [1.82, 2.24) is 15.5 Å². The van der Waals surface area contributed by atoms with E-state index >= 15 is 0 Å². The third kappa shape index (κ3) is 8.53. The molecule has 0 fully saturated rings. The highest BCUT2D eigenvalue weighted by Gasteiger charge is 2.01. The molecule has 126 valence electrons. The van der Waals surface area contributed by atoms with Gasteiger partial charge in [-0.2, -0.15) is 0 Å². The van der Waals surface area contributed by atoms with E-state index in [0.717, 1.165) is 44.2 Å². The van der Waals surface area contributed by atoms with Gasteiger partial charge in [-0.25, -0.2) is 9.38 Å². The Morgan fingerprint density at radius 1 is 1.18 bits per heavy atom. The predicted molar refractivity (Wildman–Crippen MR) is 102 cm³/mol. The number of nitrogens with one attached hydrogen (secondary N) is 2. The van der Waals surface area contributed by atoms with Gasteiger partial charge in [-0.3, -0.25) is 0 Å². The lowest BCUT2D eigenvalue weighted by atomic mass is 10.2. The van der Waals surface area contributed by atoms with Crippen LogP contribution >= 0.6 is 24.0 Å². The number of halogens is 2. The summed E-state index contributed by atoms with van der Waals surface area (Å²) < 4.78 is 13.1. The van der Waals surface area contributed by atoms with Crippen LogP contribution in [0.1, 0.15) is 26.3 Å². The number of rotatable bonds is 8. The molecule has 0 aliphatic heterocycles. The Kier molecular flexibility index (Phi) is 12.1. The van der Waals surface area contributed by atoms with Crippen LogP contribution in [0, 0.1) is 5.82 Å². The van der Waals surface area contributed by atoms with Crippen molar-refractivity contribution in [2.24, 2.45) is 4.99 Å². The van der Waals surface area contributed by atoms with Gasteiger partial charge in [-0.1, -0.05) is 26.0 Å². The van der Waals surface area contributed by atoms with E-state index in [2.05, 4.69) is 34.4 Å². The first kappa shape index (κ1) is 21.1. The first-order valence-corrected chi connectivity index (χ1v) is 7.68. The van der Waals surface area contributed by atoms with Crippen LogP contribution in [0.25, 0.3) is 0 Å². The normalized spacial score (nSPS) is 11.2. The Labute approximate surface area is 150 Å². The number of benzene rings is 1. The molecule has 0 aromatic heterocycles. The molecule has 0 spiro atoms. The maximum atomic E-state index is 13.1. The molecule has 4 nitrogen and oxygen atoms in total. The topological polar surface area (TPSA) is 39.7 Å². The Morgan fingerprint density at radius 3 is 2.50 bits per heavy atom. The highest BCUT2D eigenvalue weighted by atomic mass is 127. The summed E-state index contributed by atoms with van der Waals surface area (Å²) in [5.74, 6) is 0.552. The molecule has 0 amide bonds. The van der Waals surface area contributed by atoms with E-state index in [1.807, 2.05) is 13.0 Å². The third-order valence-electron chi connectivity index (χ3n) is 3.27. The summed E-state index contributed by atoms with van der Waals surface area (Å²) in [4.78, 5) is 6.83. The zero-order valence-corrected chi connectivity index (χ0v) is 16.1. The molecular formula is C16H28FIN4. The summed E-state index contributed by atoms with van der Waals surface area (Å²) in [5, 5.41) is 6.51. The van der Waals surface area contributed by atoms with Gasteiger partial charge in [0.15, 0.2) is 5.96 Å². The molecule has 0 saturated carbocycles. The SMILES string of the molecule is CCNC(=NCc1cccc(F)c1)NCCN(CC)CC.I. The van der Waals surface area contributed by atoms with E-state index in [-0.39, 0.29) is 29.8 Å². The van der Waals surface area contributed by atoms with Gasteiger partial charge in [0.25, 0.3) is 0 Å². The minimum atomic E-state index is -0.220. The number of hydrogen-bond acceptors (Lipinski definition) is 2. The second-order valence-corrected chi connectivity index (χ2v) is 4.78. The van der Waals surface area contributed by atoms with Crippen LogP contribution in [0.2, 0.25) is 0 Å². The molecule has 0 atom stereocenters. The highest BCUT2D eigenvalue weighted by molar-refractivity contribution is 14.0. The summed E-state index contributed by atoms with van der Waals surface area (Å²) in [6.07, 6.45) is 0. The zero-order valence-electron chi connectivity index (χ0n) is 13.7. The smallest absolute Gasteiger partial charge is 0.191 e. The van der Waals surface area contributed by atoms with Gasteiger partial charge in [0.05, 0.1) is 6.54 Å². The summed E-state index contributed by atoms with van der Waals surface area (Å²) in [6.45, 7) is 11.6. The molecule has 6 heteroatoms. The van der Waals surface area contributed by atoms with Gasteiger partial charge < -0.3 is 15.5 Å². The van der Waals surface area contributed by atoms with Crippen LogP contribution in [0.5, 0.6) is 0 Å². The first-order valence-electron chi connectivity index (χ1n) is 7.68. The van der Waals surface area contributed by atoms with Gasteiger partial charge in [-0.05, 0) is 37.7 Å². The van der Waals surface area contributed by atoms with Gasteiger partial charge in [0.1, 0.15) is 5.82 Å². The average molecular weight is 422 g/mol. The second-order valence-electron chi connectivity index (χ2n) is 4.78. The van der Waals surface area contributed by atoms with Crippen LogP contribution in [0.3, 0.4) is 0 Å². The molecule has 0 aliphatic carbocycles. The summed E-state index contributed by atoms with van der Waals surface area (Å²) in [7, 11) is 0. The van der Waals surface area contributed by atoms with E-state index in [1.54, 1.807) is 6.07 Å². The van der Waals surface area contributed by atoms with E-state index in [0.29, 0.717) is 6.54 Å². The minimum absolute atomic E-state index is 0. The van der Waals surface area contributed by atoms with Crippen molar-refractivity contribution in [3.8, 4) is 0 Å². The number of nitrogens with zero attached hydrogens (tertiary/aromatic N) is 2. The van der Waals surface area contributed by atoms with Gasteiger partial charge >= 0.3 is 0 Å². The summed E-state index contributed by atoms with van der Waals surface area (Å²) in [6, 6.07) is 6.55. The molecule has 0 heterocycles. The van der Waals surface area contributed by atoms with Gasteiger partial charge in [0, 0.05) is 19.6 Å². The number of aliphatic imine (C=N–C) groups is 1. The van der Waals surface area contributed by atoms with Crippen LogP contribution < -0.4 is 10.6 Å². The second kappa shape index (κ2) is 12.6. The minimum Gasteiger partial charge on any atom is -0.357 e. The molecular weight excluding hydrogens is 394 g/mol. The lowest BCUT2D eigenvalue weighted by Crippen LogP contribution is -2.41. The fourth-order valence-corrected chi connectivity index (χ4v) is 2.02. The molecule has 1 aromatic rings. The van der Waals surface area contributed by atoms with Crippen LogP contribution in [0.15, 0.2) is 29.3 Å². The monoisotopic (exact) mass is 422 g/mol. The molecule has 0 radical (unpaired) electrons. The average Bonchev–Trinajstić information content (AvgIpc) is 2.49. The highest BCUT2D eigenvalue weighted by Crippen LogP contribution is 2.04. The predicted octanol–water partition coefficient (Wildman–Crippen LogP) is 2.84. The fourth-order valence-electron chi connectivity index (χ4n) is 2.02. The number of likely N-dealkylation sites (N-methyl/N-ethyl adjacent to an activating group) is 1. The lowest BCUT2D eigenvalue weighted by Gasteiger charge is -2.19. The zero-order chi connectivity index (χ0) is 15.5. The lowest BCUT2D eigenvalue weighted by molar-refractivity contribution is 0.308. The largest absolute Gasteiger partial charge is 0.357 e. The molecule has 2 N–H and O–H groups in total. The molecule has 0 saturated heterocycles. The third-order valence-corrected chi connectivity index (χ3v) is 3.27. The van der Waals surface area contributed by atoms with Crippen molar-refractivity contribution < 1.29 is 4.39 Å². The Bertz CT molecular complexity index is 436. The Hall–Kier alpha value is -0.890. The van der Waals surface area contributed by atoms with Crippen LogP contribution in [-0.2, 0) is 6.54 Å². The van der Waals surface area contributed by atoms with E-state index in [4.69, 9.17) is 0 Å². The maximum Gasteiger partial charge on any atom is 0.191 e. The molecule has 22 heavy (non-hydrogen) atoms. The van der Waals surface area contributed by atoms with Crippen molar-refractivity contribution in [1.29, 1.82) is 0 Å². The number of hydrogen-bond donors (Lipinski definition) is 2. The molecule has 1 rings (SSSR count).